The monoisotopic (exact) mass is 239 g/mol. The van der Waals surface area contributed by atoms with Crippen molar-refractivity contribution in [1.29, 1.82) is 0 Å². The van der Waals surface area contributed by atoms with Crippen LogP contribution in [-0.4, -0.2) is 17.4 Å². The van der Waals surface area contributed by atoms with E-state index in [1.54, 1.807) is 24.5 Å². The minimum Gasteiger partial charge on any atom is -0.493 e. The van der Waals surface area contributed by atoms with E-state index in [9.17, 15) is 4.79 Å². The van der Waals surface area contributed by atoms with Crippen molar-refractivity contribution < 1.29 is 9.53 Å². The van der Waals surface area contributed by atoms with Crippen LogP contribution in [0.4, 0.5) is 0 Å². The maximum Gasteiger partial charge on any atom is 0.198 e. The fourth-order valence-electron chi connectivity index (χ4n) is 2.22. The van der Waals surface area contributed by atoms with E-state index in [0.717, 1.165) is 24.2 Å². The molecule has 0 saturated heterocycles. The summed E-state index contributed by atoms with van der Waals surface area (Å²) in [6.07, 6.45) is 5.24. The van der Waals surface area contributed by atoms with E-state index in [-0.39, 0.29) is 5.78 Å². The summed E-state index contributed by atoms with van der Waals surface area (Å²) in [5.74, 6) is 0.722. The molecule has 2 aromatic rings. The number of pyridine rings is 1. The normalized spacial score (nSPS) is 13.6. The highest BCUT2D eigenvalue weighted by atomic mass is 16.5. The number of nitrogens with zero attached hydrogens (tertiary/aromatic N) is 1. The number of ether oxygens (including phenoxy) is 1. The molecule has 0 amide bonds. The lowest BCUT2D eigenvalue weighted by Crippen LogP contribution is -2.13. The Balaban J connectivity index is 2.05. The Kier molecular flexibility index (Phi) is 2.81. The summed E-state index contributed by atoms with van der Waals surface area (Å²) in [6, 6.07) is 9.30. The summed E-state index contributed by atoms with van der Waals surface area (Å²) in [6.45, 7) is 0.685. The van der Waals surface area contributed by atoms with Gasteiger partial charge in [0.05, 0.1) is 12.2 Å². The molecular formula is C15H13NO2. The molecule has 3 nitrogen and oxygen atoms in total. The molecule has 18 heavy (non-hydrogen) atoms. The molecule has 3 rings (SSSR count). The van der Waals surface area contributed by atoms with Gasteiger partial charge in [-0.1, -0.05) is 12.1 Å². The fraction of sp³-hybridized carbons (Fsp3) is 0.200. The maximum atomic E-state index is 12.4. The fourth-order valence-corrected chi connectivity index (χ4v) is 2.22. The number of carbonyl (C=O) groups is 1. The van der Waals surface area contributed by atoms with Gasteiger partial charge in [-0.05, 0) is 36.6 Å². The molecule has 90 valence electrons. The lowest BCUT2D eigenvalue weighted by Gasteiger charge is -2.19. The third-order valence-electron chi connectivity index (χ3n) is 3.10. The van der Waals surface area contributed by atoms with Crippen LogP contribution in [-0.2, 0) is 6.42 Å². The molecule has 0 radical (unpaired) electrons. The zero-order valence-electron chi connectivity index (χ0n) is 9.93. The van der Waals surface area contributed by atoms with Crippen molar-refractivity contribution in [2.24, 2.45) is 0 Å². The van der Waals surface area contributed by atoms with Gasteiger partial charge in [-0.25, -0.2) is 0 Å². The lowest BCUT2D eigenvalue weighted by atomic mass is 9.97. The molecule has 0 N–H and O–H groups in total. The molecule has 1 aromatic heterocycles. The molecule has 0 saturated carbocycles. The summed E-state index contributed by atoms with van der Waals surface area (Å²) >= 11 is 0. The summed E-state index contributed by atoms with van der Waals surface area (Å²) in [5, 5.41) is 0. The van der Waals surface area contributed by atoms with E-state index < -0.39 is 0 Å². The SMILES string of the molecule is O=C(c1cccnc1)c1cccc2c1OCCC2. The Bertz CT molecular complexity index is 578. The van der Waals surface area contributed by atoms with Gasteiger partial charge in [0.1, 0.15) is 5.75 Å². The Morgan fingerprint density at radius 3 is 3.00 bits per heavy atom. The van der Waals surface area contributed by atoms with Crippen molar-refractivity contribution in [3.8, 4) is 5.75 Å². The average molecular weight is 239 g/mol. The summed E-state index contributed by atoms with van der Waals surface area (Å²) in [5.41, 5.74) is 2.36. The second-order valence-electron chi connectivity index (χ2n) is 4.32. The largest absolute Gasteiger partial charge is 0.493 e. The molecule has 0 fully saturated rings. The molecule has 1 aliphatic rings. The standard InChI is InChI=1S/C15H13NO2/c17-14(12-5-2-8-16-10-12)13-7-1-4-11-6-3-9-18-15(11)13/h1-2,4-5,7-8,10H,3,6,9H2. The van der Waals surface area contributed by atoms with Crippen LogP contribution in [0.5, 0.6) is 5.75 Å². The third-order valence-corrected chi connectivity index (χ3v) is 3.10. The molecule has 0 atom stereocenters. The second-order valence-corrected chi connectivity index (χ2v) is 4.32. The Morgan fingerprint density at radius 2 is 2.17 bits per heavy atom. The number of carbonyl (C=O) groups excluding carboxylic acids is 1. The topological polar surface area (TPSA) is 39.2 Å². The zero-order chi connectivity index (χ0) is 12.4. The van der Waals surface area contributed by atoms with Crippen LogP contribution in [0.15, 0.2) is 42.7 Å². The van der Waals surface area contributed by atoms with Crippen molar-refractivity contribution in [2.75, 3.05) is 6.61 Å². The summed E-state index contributed by atoms with van der Waals surface area (Å²) in [4.78, 5) is 16.4. The van der Waals surface area contributed by atoms with Gasteiger partial charge in [0.15, 0.2) is 5.78 Å². The van der Waals surface area contributed by atoms with Crippen LogP contribution in [0.2, 0.25) is 0 Å². The van der Waals surface area contributed by atoms with Gasteiger partial charge >= 0.3 is 0 Å². The molecule has 0 unspecified atom stereocenters. The van der Waals surface area contributed by atoms with Crippen molar-refractivity contribution in [3.63, 3.8) is 0 Å². The number of para-hydroxylation sites is 1. The number of benzene rings is 1. The minimum absolute atomic E-state index is 0.0261. The van der Waals surface area contributed by atoms with Gasteiger partial charge in [-0.2, -0.15) is 0 Å². The first-order chi connectivity index (χ1) is 8.86. The highest BCUT2D eigenvalue weighted by Crippen LogP contribution is 2.30. The smallest absolute Gasteiger partial charge is 0.198 e. The van der Waals surface area contributed by atoms with Crippen molar-refractivity contribution in [1.82, 2.24) is 4.98 Å². The van der Waals surface area contributed by atoms with Gasteiger partial charge < -0.3 is 4.74 Å². The lowest BCUT2D eigenvalue weighted by molar-refractivity contribution is 0.103. The highest BCUT2D eigenvalue weighted by molar-refractivity contribution is 6.10. The van der Waals surface area contributed by atoms with Crippen LogP contribution in [0.1, 0.15) is 27.9 Å². The van der Waals surface area contributed by atoms with E-state index in [1.807, 2.05) is 18.2 Å². The van der Waals surface area contributed by atoms with Crippen LogP contribution in [0.25, 0.3) is 0 Å². The van der Waals surface area contributed by atoms with Gasteiger partial charge in [-0.15, -0.1) is 0 Å². The number of fused-ring (bicyclic) bond motifs is 1. The third kappa shape index (κ3) is 1.88. The molecule has 3 heteroatoms. The predicted molar refractivity (Wildman–Crippen MR) is 67.9 cm³/mol. The van der Waals surface area contributed by atoms with Crippen molar-refractivity contribution in [3.05, 3.63) is 59.4 Å². The first-order valence-electron chi connectivity index (χ1n) is 6.05. The van der Waals surface area contributed by atoms with Gasteiger partial charge in [0.2, 0.25) is 0 Å². The van der Waals surface area contributed by atoms with E-state index >= 15 is 0 Å². The van der Waals surface area contributed by atoms with Crippen LogP contribution >= 0.6 is 0 Å². The van der Waals surface area contributed by atoms with Crippen LogP contribution in [0.3, 0.4) is 0 Å². The Labute approximate surface area is 105 Å². The van der Waals surface area contributed by atoms with Gasteiger partial charge in [0.25, 0.3) is 0 Å². The number of hydrogen-bond donors (Lipinski definition) is 0. The van der Waals surface area contributed by atoms with Crippen LogP contribution < -0.4 is 4.74 Å². The molecule has 1 aromatic carbocycles. The predicted octanol–water partition coefficient (Wildman–Crippen LogP) is 2.64. The van der Waals surface area contributed by atoms with Crippen LogP contribution in [0, 0.1) is 0 Å². The number of hydrogen-bond acceptors (Lipinski definition) is 3. The minimum atomic E-state index is -0.0261. The van der Waals surface area contributed by atoms with E-state index in [4.69, 9.17) is 4.74 Å². The average Bonchev–Trinajstić information content (AvgIpc) is 2.47. The van der Waals surface area contributed by atoms with E-state index in [0.29, 0.717) is 17.7 Å². The second kappa shape index (κ2) is 4.61. The number of ketones is 1. The molecular weight excluding hydrogens is 226 g/mol. The van der Waals surface area contributed by atoms with Crippen molar-refractivity contribution in [2.45, 2.75) is 12.8 Å². The highest BCUT2D eigenvalue weighted by Gasteiger charge is 2.19. The molecule has 0 spiro atoms. The Hall–Kier alpha value is -2.16. The molecule has 0 aliphatic carbocycles. The maximum absolute atomic E-state index is 12.4. The number of aromatic nitrogens is 1. The van der Waals surface area contributed by atoms with Crippen molar-refractivity contribution >= 4 is 5.78 Å². The molecule has 0 bridgehead atoms. The zero-order valence-corrected chi connectivity index (χ0v) is 9.93. The van der Waals surface area contributed by atoms with Gasteiger partial charge in [0, 0.05) is 18.0 Å². The summed E-state index contributed by atoms with van der Waals surface area (Å²) < 4.78 is 5.66. The summed E-state index contributed by atoms with van der Waals surface area (Å²) in [7, 11) is 0. The van der Waals surface area contributed by atoms with E-state index in [2.05, 4.69) is 4.98 Å². The first-order valence-corrected chi connectivity index (χ1v) is 6.05. The quantitative estimate of drug-likeness (QED) is 0.756. The molecule has 2 heterocycles. The number of rotatable bonds is 2. The molecule has 1 aliphatic heterocycles. The first kappa shape index (κ1) is 11.0. The number of aryl methyl sites for hydroxylation is 1. The van der Waals surface area contributed by atoms with Gasteiger partial charge in [-0.3, -0.25) is 9.78 Å². The van der Waals surface area contributed by atoms with E-state index in [1.165, 1.54) is 0 Å². The Morgan fingerprint density at radius 1 is 1.22 bits per heavy atom.